The number of ether oxygens (including phenoxy) is 4. The van der Waals surface area contributed by atoms with E-state index in [2.05, 4.69) is 0 Å². The quantitative estimate of drug-likeness (QED) is 0.456. The zero-order chi connectivity index (χ0) is 23.1. The van der Waals surface area contributed by atoms with Crippen molar-refractivity contribution in [1.29, 1.82) is 0 Å². The zero-order valence-electron chi connectivity index (χ0n) is 18.6. The first-order valence-corrected chi connectivity index (χ1v) is 11.3. The van der Waals surface area contributed by atoms with Gasteiger partial charge in [-0.3, -0.25) is 0 Å². The molecule has 0 aromatic heterocycles. The van der Waals surface area contributed by atoms with Gasteiger partial charge in [0.15, 0.2) is 11.5 Å². The molecule has 3 aromatic carbocycles. The van der Waals surface area contributed by atoms with Gasteiger partial charge in [0.25, 0.3) is 0 Å². The number of rotatable bonds is 10. The molecule has 0 bridgehead atoms. The van der Waals surface area contributed by atoms with Crippen molar-refractivity contribution in [2.45, 2.75) is 18.0 Å². The molecule has 0 aliphatic heterocycles. The minimum atomic E-state index is -3.83. The highest BCUT2D eigenvalue weighted by molar-refractivity contribution is 7.89. The van der Waals surface area contributed by atoms with Crippen molar-refractivity contribution in [2.24, 2.45) is 0 Å². The summed E-state index contributed by atoms with van der Waals surface area (Å²) in [4.78, 5) is 0.0385. The van der Waals surface area contributed by atoms with E-state index in [1.54, 1.807) is 31.4 Å². The van der Waals surface area contributed by atoms with Gasteiger partial charge in [-0.05, 0) is 35.4 Å². The molecule has 0 unspecified atom stereocenters. The Balaban J connectivity index is 1.79. The Kier molecular flexibility index (Phi) is 7.61. The van der Waals surface area contributed by atoms with Gasteiger partial charge in [-0.25, -0.2) is 8.42 Å². The first-order chi connectivity index (χ1) is 15.4. The second-order valence-corrected chi connectivity index (χ2v) is 9.05. The Hall–Kier alpha value is -3.23. The van der Waals surface area contributed by atoms with Crippen molar-refractivity contribution in [3.05, 3.63) is 77.9 Å². The van der Waals surface area contributed by atoms with Crippen molar-refractivity contribution < 1.29 is 27.4 Å². The van der Waals surface area contributed by atoms with Crippen LogP contribution in [0.15, 0.2) is 71.6 Å². The van der Waals surface area contributed by atoms with Crippen LogP contribution in [-0.2, 0) is 23.2 Å². The largest absolute Gasteiger partial charge is 0.497 e. The third-order valence-corrected chi connectivity index (χ3v) is 6.75. The van der Waals surface area contributed by atoms with E-state index in [0.29, 0.717) is 23.9 Å². The predicted molar refractivity (Wildman–Crippen MR) is 122 cm³/mol. The van der Waals surface area contributed by atoms with E-state index in [9.17, 15) is 8.42 Å². The highest BCUT2D eigenvalue weighted by atomic mass is 32.2. The molecule has 0 saturated carbocycles. The van der Waals surface area contributed by atoms with Crippen LogP contribution in [0.1, 0.15) is 11.1 Å². The van der Waals surface area contributed by atoms with Gasteiger partial charge in [0.2, 0.25) is 10.0 Å². The molecular formula is C24H27NO6S. The summed E-state index contributed by atoms with van der Waals surface area (Å²) in [6.07, 6.45) is 0. The van der Waals surface area contributed by atoms with Crippen LogP contribution in [0.3, 0.4) is 0 Å². The third kappa shape index (κ3) is 5.33. The summed E-state index contributed by atoms with van der Waals surface area (Å²) in [7, 11) is 2.15. The fourth-order valence-electron chi connectivity index (χ4n) is 3.16. The molecule has 0 radical (unpaired) electrons. The van der Waals surface area contributed by atoms with Gasteiger partial charge < -0.3 is 18.9 Å². The van der Waals surface area contributed by atoms with Crippen LogP contribution in [0.2, 0.25) is 0 Å². The highest BCUT2D eigenvalue weighted by Crippen LogP contribution is 2.32. The SMILES string of the molecule is COc1ccc(OC)c(S(=O)(=O)N(C)Cc2ccc(OCc3ccccc3)c(OC)c2)c1. The molecule has 3 aromatic rings. The van der Waals surface area contributed by atoms with Crippen LogP contribution >= 0.6 is 0 Å². The maximum Gasteiger partial charge on any atom is 0.246 e. The molecule has 0 atom stereocenters. The predicted octanol–water partition coefficient (Wildman–Crippen LogP) is 4.11. The van der Waals surface area contributed by atoms with E-state index < -0.39 is 10.0 Å². The first-order valence-electron chi connectivity index (χ1n) is 9.91. The maximum atomic E-state index is 13.2. The minimum absolute atomic E-state index is 0.0385. The number of benzene rings is 3. The summed E-state index contributed by atoms with van der Waals surface area (Å²) in [6.45, 7) is 0.540. The topological polar surface area (TPSA) is 74.3 Å². The molecule has 0 N–H and O–H groups in total. The lowest BCUT2D eigenvalue weighted by Crippen LogP contribution is -2.27. The Morgan fingerprint density at radius 2 is 1.44 bits per heavy atom. The minimum Gasteiger partial charge on any atom is -0.497 e. The molecule has 0 amide bonds. The van der Waals surface area contributed by atoms with Gasteiger partial charge in [0.05, 0.1) is 21.3 Å². The average molecular weight is 458 g/mol. The van der Waals surface area contributed by atoms with Crippen molar-refractivity contribution in [3.63, 3.8) is 0 Å². The van der Waals surface area contributed by atoms with E-state index in [-0.39, 0.29) is 17.2 Å². The summed E-state index contributed by atoms with van der Waals surface area (Å²) in [5.41, 5.74) is 1.79. The standard InChI is InChI=1S/C24H27NO6S/c1-25(32(26,27)24-15-20(28-2)11-13-22(24)29-3)16-19-10-12-21(23(14-19)30-4)31-17-18-8-6-5-7-9-18/h5-15H,16-17H2,1-4H3. The fourth-order valence-corrected chi connectivity index (χ4v) is 4.49. The normalized spacial score (nSPS) is 11.3. The number of hydrogen-bond acceptors (Lipinski definition) is 6. The Bertz CT molecular complexity index is 1150. The van der Waals surface area contributed by atoms with Gasteiger partial charge in [-0.15, -0.1) is 0 Å². The number of hydrogen-bond donors (Lipinski definition) is 0. The zero-order valence-corrected chi connectivity index (χ0v) is 19.4. The summed E-state index contributed by atoms with van der Waals surface area (Å²) in [5.74, 6) is 1.79. The number of sulfonamides is 1. The first kappa shape index (κ1) is 23.4. The van der Waals surface area contributed by atoms with Crippen LogP contribution in [0.4, 0.5) is 0 Å². The Morgan fingerprint density at radius 1 is 0.750 bits per heavy atom. The lowest BCUT2D eigenvalue weighted by Gasteiger charge is -2.20. The molecule has 0 aliphatic carbocycles. The van der Waals surface area contributed by atoms with Crippen molar-refractivity contribution in [3.8, 4) is 23.0 Å². The van der Waals surface area contributed by atoms with Gasteiger partial charge in [0, 0.05) is 19.7 Å². The molecule has 170 valence electrons. The third-order valence-electron chi connectivity index (χ3n) is 4.93. The molecule has 8 heteroatoms. The lowest BCUT2D eigenvalue weighted by molar-refractivity contribution is 0.284. The Labute approximate surface area is 189 Å². The smallest absolute Gasteiger partial charge is 0.246 e. The second-order valence-electron chi connectivity index (χ2n) is 7.04. The van der Waals surface area contributed by atoms with Crippen molar-refractivity contribution in [2.75, 3.05) is 28.4 Å². The van der Waals surface area contributed by atoms with Gasteiger partial charge in [0.1, 0.15) is 23.0 Å². The highest BCUT2D eigenvalue weighted by Gasteiger charge is 2.26. The van der Waals surface area contributed by atoms with Crippen LogP contribution in [-0.4, -0.2) is 41.1 Å². The molecule has 32 heavy (non-hydrogen) atoms. The molecule has 0 spiro atoms. The summed E-state index contributed by atoms with van der Waals surface area (Å²) >= 11 is 0. The van der Waals surface area contributed by atoms with Crippen molar-refractivity contribution in [1.82, 2.24) is 4.31 Å². The average Bonchev–Trinajstić information content (AvgIpc) is 2.83. The maximum absolute atomic E-state index is 13.2. The summed E-state index contributed by atoms with van der Waals surface area (Å²) in [5, 5.41) is 0. The second kappa shape index (κ2) is 10.4. The van der Waals surface area contributed by atoms with E-state index in [4.69, 9.17) is 18.9 Å². The van der Waals surface area contributed by atoms with Gasteiger partial charge >= 0.3 is 0 Å². The molecule has 0 saturated heterocycles. The molecule has 0 fully saturated rings. The number of nitrogens with zero attached hydrogens (tertiary/aromatic N) is 1. The van der Waals surface area contributed by atoms with E-state index in [0.717, 1.165) is 11.1 Å². The van der Waals surface area contributed by atoms with Crippen LogP contribution < -0.4 is 18.9 Å². The summed E-state index contributed by atoms with van der Waals surface area (Å²) < 4.78 is 49.4. The van der Waals surface area contributed by atoms with Gasteiger partial charge in [-0.2, -0.15) is 4.31 Å². The lowest BCUT2D eigenvalue weighted by atomic mass is 10.2. The molecular weight excluding hydrogens is 430 g/mol. The van der Waals surface area contributed by atoms with Gasteiger partial charge in [-0.1, -0.05) is 36.4 Å². The number of methoxy groups -OCH3 is 3. The molecule has 7 nitrogen and oxygen atoms in total. The fraction of sp³-hybridized carbons (Fsp3) is 0.250. The van der Waals surface area contributed by atoms with Crippen LogP contribution in [0.5, 0.6) is 23.0 Å². The van der Waals surface area contributed by atoms with E-state index in [1.165, 1.54) is 31.6 Å². The molecule has 3 rings (SSSR count). The van der Waals surface area contributed by atoms with Crippen molar-refractivity contribution >= 4 is 10.0 Å². The molecule has 0 aliphatic rings. The summed E-state index contributed by atoms with van der Waals surface area (Å²) in [6, 6.07) is 19.9. The van der Waals surface area contributed by atoms with E-state index >= 15 is 0 Å². The Morgan fingerprint density at radius 3 is 2.09 bits per heavy atom. The van der Waals surface area contributed by atoms with E-state index in [1.807, 2.05) is 36.4 Å². The molecule has 0 heterocycles. The van der Waals surface area contributed by atoms with Crippen LogP contribution in [0, 0.1) is 0 Å². The van der Waals surface area contributed by atoms with Crippen LogP contribution in [0.25, 0.3) is 0 Å². The monoisotopic (exact) mass is 457 g/mol.